The number of nitrogens with two attached hydrogens (primary N) is 1. The van der Waals surface area contributed by atoms with E-state index >= 15 is 0 Å². The molecule has 1 unspecified atom stereocenters. The van der Waals surface area contributed by atoms with Gasteiger partial charge in [-0.25, -0.2) is 0 Å². The van der Waals surface area contributed by atoms with E-state index in [0.29, 0.717) is 12.8 Å². The molecule has 1 fully saturated rings. The topological polar surface area (TPSA) is 75.4 Å². The van der Waals surface area contributed by atoms with Gasteiger partial charge < -0.3 is 16.0 Å². The lowest BCUT2D eigenvalue weighted by Gasteiger charge is -2.54. The summed E-state index contributed by atoms with van der Waals surface area (Å²) in [6.07, 6.45) is 6.84. The summed E-state index contributed by atoms with van der Waals surface area (Å²) in [5.74, 6) is -0.977. The van der Waals surface area contributed by atoms with Gasteiger partial charge in [-0.15, -0.1) is 0 Å². The summed E-state index contributed by atoms with van der Waals surface area (Å²) in [5, 5.41) is 3.01. The molecule has 1 heterocycles. The molecule has 1 aromatic carbocycles. The predicted molar refractivity (Wildman–Crippen MR) is 116 cm³/mol. The van der Waals surface area contributed by atoms with Gasteiger partial charge in [-0.2, -0.15) is 0 Å². The molecular formula is C24H37N3O2. The van der Waals surface area contributed by atoms with Crippen LogP contribution in [0.2, 0.25) is 0 Å². The summed E-state index contributed by atoms with van der Waals surface area (Å²) in [5.41, 5.74) is 9.21. The molecule has 1 aliphatic heterocycles. The lowest BCUT2D eigenvalue weighted by molar-refractivity contribution is -0.159. The van der Waals surface area contributed by atoms with E-state index in [1.54, 1.807) is 4.90 Å². The molecule has 1 saturated heterocycles. The minimum atomic E-state index is -0.522. The highest BCUT2D eigenvalue weighted by atomic mass is 16.2. The van der Waals surface area contributed by atoms with Crippen molar-refractivity contribution in [2.24, 2.45) is 5.73 Å². The zero-order chi connectivity index (χ0) is 21.4. The third kappa shape index (κ3) is 4.50. The van der Waals surface area contributed by atoms with Crippen LogP contribution >= 0.6 is 0 Å². The van der Waals surface area contributed by atoms with Crippen LogP contribution in [0.3, 0.4) is 0 Å². The second-order valence-corrected chi connectivity index (χ2v) is 10.1. The van der Waals surface area contributed by atoms with Gasteiger partial charge in [-0.05, 0) is 89.3 Å². The molecular weight excluding hydrogens is 362 g/mol. The van der Waals surface area contributed by atoms with E-state index in [-0.39, 0.29) is 12.1 Å². The van der Waals surface area contributed by atoms with Gasteiger partial charge in [0.2, 0.25) is 0 Å². The van der Waals surface area contributed by atoms with Crippen molar-refractivity contribution in [3.05, 3.63) is 34.9 Å². The van der Waals surface area contributed by atoms with E-state index < -0.39 is 22.9 Å². The molecule has 160 valence electrons. The minimum absolute atomic E-state index is 0.0333. The van der Waals surface area contributed by atoms with Crippen LogP contribution in [0.1, 0.15) is 89.5 Å². The van der Waals surface area contributed by atoms with Gasteiger partial charge in [0.25, 0.3) is 0 Å². The number of amides is 2. The van der Waals surface area contributed by atoms with E-state index in [4.69, 9.17) is 5.73 Å². The van der Waals surface area contributed by atoms with Crippen LogP contribution in [0.25, 0.3) is 0 Å². The maximum Gasteiger partial charge on any atom is 0.312 e. The summed E-state index contributed by atoms with van der Waals surface area (Å²) in [6, 6.07) is 6.40. The van der Waals surface area contributed by atoms with E-state index in [1.807, 2.05) is 34.6 Å². The van der Waals surface area contributed by atoms with Crippen molar-refractivity contribution in [2.45, 2.75) is 103 Å². The first-order valence-electron chi connectivity index (χ1n) is 11.1. The Kier molecular flexibility index (Phi) is 6.09. The molecule has 1 aliphatic carbocycles. The van der Waals surface area contributed by atoms with E-state index in [2.05, 4.69) is 23.5 Å². The average Bonchev–Trinajstić information content (AvgIpc) is 2.63. The number of carbonyl (C=O) groups excluding carboxylic acids is 2. The standard InChI is InChI=1S/C24H37N3O2/c1-6-20(18-12-11-16-9-7-8-10-17(16)13-18)26-21(28)22(29)27-23(2,3)14-19(25)15-24(27,4)5/h11-13,19-20H,6-10,14-15,25H2,1-5H3,(H,26,28). The molecule has 2 amide bonds. The van der Waals surface area contributed by atoms with Crippen molar-refractivity contribution < 1.29 is 9.59 Å². The molecule has 0 spiro atoms. The fraction of sp³-hybridized carbons (Fsp3) is 0.667. The third-order valence-corrected chi connectivity index (χ3v) is 6.62. The number of rotatable bonds is 3. The monoisotopic (exact) mass is 399 g/mol. The van der Waals surface area contributed by atoms with Crippen molar-refractivity contribution in [2.75, 3.05) is 0 Å². The average molecular weight is 400 g/mol. The maximum atomic E-state index is 13.2. The first-order valence-corrected chi connectivity index (χ1v) is 11.1. The molecule has 3 N–H and O–H groups in total. The first-order chi connectivity index (χ1) is 13.5. The number of nitrogens with one attached hydrogen (secondary N) is 1. The summed E-state index contributed by atoms with van der Waals surface area (Å²) >= 11 is 0. The van der Waals surface area contributed by atoms with Crippen LogP contribution in [0.4, 0.5) is 0 Å². The van der Waals surface area contributed by atoms with Crippen LogP contribution in [0.5, 0.6) is 0 Å². The van der Waals surface area contributed by atoms with Crippen LogP contribution in [-0.2, 0) is 22.4 Å². The van der Waals surface area contributed by atoms with Gasteiger partial charge in [0.1, 0.15) is 0 Å². The predicted octanol–water partition coefficient (Wildman–Crippen LogP) is 3.64. The van der Waals surface area contributed by atoms with Crippen LogP contribution in [-0.4, -0.2) is 33.8 Å². The molecule has 29 heavy (non-hydrogen) atoms. The maximum absolute atomic E-state index is 13.2. The number of carbonyl (C=O) groups is 2. The molecule has 0 radical (unpaired) electrons. The second-order valence-electron chi connectivity index (χ2n) is 10.1. The Morgan fingerprint density at radius 3 is 2.28 bits per heavy atom. The lowest BCUT2D eigenvalue weighted by atomic mass is 9.77. The van der Waals surface area contributed by atoms with Gasteiger partial charge >= 0.3 is 11.8 Å². The zero-order valence-electron chi connectivity index (χ0n) is 18.7. The van der Waals surface area contributed by atoms with Crippen molar-refractivity contribution in [3.63, 3.8) is 0 Å². The molecule has 1 aromatic rings. The van der Waals surface area contributed by atoms with Gasteiger partial charge in [0.15, 0.2) is 0 Å². The molecule has 5 nitrogen and oxygen atoms in total. The molecule has 0 saturated carbocycles. The van der Waals surface area contributed by atoms with Gasteiger partial charge in [-0.3, -0.25) is 9.59 Å². The fourth-order valence-electron chi connectivity index (χ4n) is 5.62. The molecule has 2 aliphatic rings. The van der Waals surface area contributed by atoms with Gasteiger partial charge in [-0.1, -0.05) is 25.1 Å². The first kappa shape index (κ1) is 21.8. The normalized spacial score (nSPS) is 21.9. The Hall–Kier alpha value is -1.88. The smallest absolute Gasteiger partial charge is 0.312 e. The van der Waals surface area contributed by atoms with E-state index in [1.165, 1.54) is 24.0 Å². The van der Waals surface area contributed by atoms with E-state index in [0.717, 1.165) is 24.8 Å². The summed E-state index contributed by atoms with van der Waals surface area (Å²) in [4.78, 5) is 28.0. The van der Waals surface area contributed by atoms with Crippen molar-refractivity contribution in [1.82, 2.24) is 10.2 Å². The number of nitrogens with zero attached hydrogens (tertiary/aromatic N) is 1. The number of aryl methyl sites for hydroxylation is 2. The Morgan fingerprint density at radius 2 is 1.69 bits per heavy atom. The van der Waals surface area contributed by atoms with Crippen molar-refractivity contribution in [3.8, 4) is 0 Å². The van der Waals surface area contributed by atoms with Crippen LogP contribution < -0.4 is 11.1 Å². The highest BCUT2D eigenvalue weighted by molar-refractivity contribution is 6.35. The largest absolute Gasteiger partial charge is 0.341 e. The number of fused-ring (bicyclic) bond motifs is 1. The molecule has 0 aromatic heterocycles. The Labute approximate surface area is 175 Å². The summed E-state index contributed by atoms with van der Waals surface area (Å²) < 4.78 is 0. The SMILES string of the molecule is CCC(NC(=O)C(=O)N1C(C)(C)CC(N)CC1(C)C)c1ccc2c(c1)CCCC2. The number of piperidine rings is 1. The number of hydrogen-bond acceptors (Lipinski definition) is 3. The number of hydrogen-bond donors (Lipinski definition) is 2. The van der Waals surface area contributed by atoms with Crippen molar-refractivity contribution >= 4 is 11.8 Å². The second kappa shape index (κ2) is 8.10. The Balaban J connectivity index is 1.78. The lowest BCUT2D eigenvalue weighted by Crippen LogP contribution is -2.67. The van der Waals surface area contributed by atoms with Crippen molar-refractivity contribution in [1.29, 1.82) is 0 Å². The fourth-order valence-corrected chi connectivity index (χ4v) is 5.62. The van der Waals surface area contributed by atoms with Crippen LogP contribution in [0, 0.1) is 0 Å². The van der Waals surface area contributed by atoms with Crippen LogP contribution in [0.15, 0.2) is 18.2 Å². The molecule has 5 heteroatoms. The Bertz CT molecular complexity index is 766. The molecule has 3 rings (SSSR count). The minimum Gasteiger partial charge on any atom is -0.341 e. The highest BCUT2D eigenvalue weighted by Crippen LogP contribution is 2.38. The van der Waals surface area contributed by atoms with Gasteiger partial charge in [0.05, 0.1) is 6.04 Å². The Morgan fingerprint density at radius 1 is 1.10 bits per heavy atom. The number of likely N-dealkylation sites (tertiary alicyclic amines) is 1. The zero-order valence-corrected chi connectivity index (χ0v) is 18.7. The highest BCUT2D eigenvalue weighted by Gasteiger charge is 2.48. The quantitative estimate of drug-likeness (QED) is 0.762. The van der Waals surface area contributed by atoms with E-state index in [9.17, 15) is 9.59 Å². The summed E-state index contributed by atoms with van der Waals surface area (Å²) in [7, 11) is 0. The van der Waals surface area contributed by atoms with Gasteiger partial charge in [0, 0.05) is 17.1 Å². The summed E-state index contributed by atoms with van der Waals surface area (Å²) in [6.45, 7) is 10.0. The number of benzene rings is 1. The molecule has 0 bridgehead atoms. The molecule has 1 atom stereocenters. The third-order valence-electron chi connectivity index (χ3n) is 6.62.